The van der Waals surface area contributed by atoms with Crippen LogP contribution in [-0.2, 0) is 4.79 Å². The van der Waals surface area contributed by atoms with E-state index in [1.54, 1.807) is 0 Å². The van der Waals surface area contributed by atoms with Gasteiger partial charge in [0.25, 0.3) is 0 Å². The highest BCUT2D eigenvalue weighted by molar-refractivity contribution is 5.66. The molecule has 1 aliphatic rings. The van der Waals surface area contributed by atoms with Crippen molar-refractivity contribution in [2.24, 2.45) is 0 Å². The zero-order chi connectivity index (χ0) is 12.8. The Labute approximate surface area is 106 Å². The zero-order valence-corrected chi connectivity index (χ0v) is 10.1. The summed E-state index contributed by atoms with van der Waals surface area (Å²) in [5.41, 5.74) is 0.998. The molecule has 0 radical (unpaired) electrons. The number of rotatable bonds is 7. The standard InChI is InChI=1S/C13H17NO4/c15-13(16)4-2-1-3-7-14-10-5-6-11-12(8-10)18-9-17-11/h5-6,8,14H,1-4,7,9H2,(H,15,16). The maximum absolute atomic E-state index is 10.3. The third-order valence-corrected chi connectivity index (χ3v) is 2.77. The Bertz CT molecular complexity index is 419. The summed E-state index contributed by atoms with van der Waals surface area (Å²) in [6.45, 7) is 1.12. The van der Waals surface area contributed by atoms with Gasteiger partial charge in [0, 0.05) is 24.7 Å². The molecule has 2 N–H and O–H groups in total. The highest BCUT2D eigenvalue weighted by Gasteiger charge is 2.12. The summed E-state index contributed by atoms with van der Waals surface area (Å²) in [5, 5.41) is 11.8. The molecule has 2 rings (SSSR count). The van der Waals surface area contributed by atoms with Gasteiger partial charge in [0.05, 0.1) is 0 Å². The summed E-state index contributed by atoms with van der Waals surface area (Å²) in [6.07, 6.45) is 2.87. The molecule has 5 nitrogen and oxygen atoms in total. The van der Waals surface area contributed by atoms with E-state index in [1.165, 1.54) is 0 Å². The van der Waals surface area contributed by atoms with E-state index in [0.717, 1.165) is 43.0 Å². The first-order chi connectivity index (χ1) is 8.75. The fraction of sp³-hybridized carbons (Fsp3) is 0.462. The first kappa shape index (κ1) is 12.5. The second-order valence-electron chi connectivity index (χ2n) is 4.20. The number of aliphatic carboxylic acids is 1. The molecule has 5 heteroatoms. The van der Waals surface area contributed by atoms with Gasteiger partial charge in [-0.25, -0.2) is 0 Å². The van der Waals surface area contributed by atoms with E-state index in [2.05, 4.69) is 5.32 Å². The Kier molecular flexibility index (Phi) is 4.28. The third kappa shape index (κ3) is 3.55. The van der Waals surface area contributed by atoms with Gasteiger partial charge in [0.15, 0.2) is 11.5 Å². The number of nitrogens with one attached hydrogen (secondary N) is 1. The quantitative estimate of drug-likeness (QED) is 0.729. The molecule has 1 aromatic rings. The highest BCUT2D eigenvalue weighted by Crippen LogP contribution is 2.34. The SMILES string of the molecule is O=C(O)CCCCCNc1ccc2c(c1)OCO2. The lowest BCUT2D eigenvalue weighted by atomic mass is 10.2. The molecule has 1 aliphatic heterocycles. The van der Waals surface area contributed by atoms with Crippen LogP contribution < -0.4 is 14.8 Å². The van der Waals surface area contributed by atoms with Crippen molar-refractivity contribution in [3.63, 3.8) is 0 Å². The summed E-state index contributed by atoms with van der Waals surface area (Å²) < 4.78 is 10.5. The van der Waals surface area contributed by atoms with Crippen molar-refractivity contribution in [2.75, 3.05) is 18.7 Å². The molecule has 18 heavy (non-hydrogen) atoms. The van der Waals surface area contributed by atoms with Gasteiger partial charge in [0.2, 0.25) is 6.79 Å². The van der Waals surface area contributed by atoms with Gasteiger partial charge in [-0.05, 0) is 25.0 Å². The molecule has 0 saturated carbocycles. The average molecular weight is 251 g/mol. The Balaban J connectivity index is 1.66. The second-order valence-corrected chi connectivity index (χ2v) is 4.20. The number of hydrogen-bond donors (Lipinski definition) is 2. The normalized spacial score (nSPS) is 12.4. The Morgan fingerprint density at radius 3 is 2.89 bits per heavy atom. The lowest BCUT2D eigenvalue weighted by Gasteiger charge is -2.06. The molecular weight excluding hydrogens is 234 g/mol. The number of hydrogen-bond acceptors (Lipinski definition) is 4. The minimum absolute atomic E-state index is 0.254. The highest BCUT2D eigenvalue weighted by atomic mass is 16.7. The van der Waals surface area contributed by atoms with E-state index >= 15 is 0 Å². The van der Waals surface area contributed by atoms with E-state index < -0.39 is 5.97 Å². The molecule has 1 heterocycles. The molecule has 0 spiro atoms. The summed E-state index contributed by atoms with van der Waals surface area (Å²) >= 11 is 0. The molecule has 0 aromatic heterocycles. The molecule has 1 aromatic carbocycles. The average Bonchev–Trinajstić information content (AvgIpc) is 2.80. The Hall–Kier alpha value is -1.91. The van der Waals surface area contributed by atoms with Crippen LogP contribution in [0.2, 0.25) is 0 Å². The summed E-state index contributed by atoms with van der Waals surface area (Å²) in [4.78, 5) is 10.3. The van der Waals surface area contributed by atoms with Crippen LogP contribution in [0.5, 0.6) is 11.5 Å². The van der Waals surface area contributed by atoms with E-state index in [-0.39, 0.29) is 13.2 Å². The predicted octanol–water partition coefficient (Wildman–Crippen LogP) is 2.47. The van der Waals surface area contributed by atoms with Gasteiger partial charge in [-0.2, -0.15) is 0 Å². The monoisotopic (exact) mass is 251 g/mol. The van der Waals surface area contributed by atoms with Crippen molar-refractivity contribution in [3.8, 4) is 11.5 Å². The molecule has 0 amide bonds. The van der Waals surface area contributed by atoms with Crippen LogP contribution in [0.25, 0.3) is 0 Å². The van der Waals surface area contributed by atoms with Crippen LogP contribution >= 0.6 is 0 Å². The second kappa shape index (κ2) is 6.14. The number of unbranched alkanes of at least 4 members (excludes halogenated alkanes) is 2. The van der Waals surface area contributed by atoms with Crippen molar-refractivity contribution >= 4 is 11.7 Å². The third-order valence-electron chi connectivity index (χ3n) is 2.77. The lowest BCUT2D eigenvalue weighted by molar-refractivity contribution is -0.137. The van der Waals surface area contributed by atoms with Crippen molar-refractivity contribution in [1.82, 2.24) is 0 Å². The van der Waals surface area contributed by atoms with Crippen LogP contribution in [0.1, 0.15) is 25.7 Å². The summed E-state index contributed by atoms with van der Waals surface area (Å²) in [7, 11) is 0. The van der Waals surface area contributed by atoms with Crippen LogP contribution in [-0.4, -0.2) is 24.4 Å². The number of carbonyl (C=O) groups is 1. The van der Waals surface area contributed by atoms with Gasteiger partial charge in [-0.15, -0.1) is 0 Å². The maximum Gasteiger partial charge on any atom is 0.303 e. The summed E-state index contributed by atoms with van der Waals surface area (Å²) in [6, 6.07) is 5.75. The maximum atomic E-state index is 10.3. The van der Waals surface area contributed by atoms with Crippen LogP contribution in [0.3, 0.4) is 0 Å². The molecule has 0 aliphatic carbocycles. The first-order valence-corrected chi connectivity index (χ1v) is 6.11. The van der Waals surface area contributed by atoms with E-state index in [1.807, 2.05) is 18.2 Å². The molecule has 0 atom stereocenters. The molecule has 98 valence electrons. The molecule has 0 unspecified atom stereocenters. The van der Waals surface area contributed by atoms with Crippen LogP contribution in [0.4, 0.5) is 5.69 Å². The largest absolute Gasteiger partial charge is 0.481 e. The van der Waals surface area contributed by atoms with Crippen molar-refractivity contribution in [2.45, 2.75) is 25.7 Å². The molecule has 0 fully saturated rings. The van der Waals surface area contributed by atoms with E-state index in [0.29, 0.717) is 0 Å². The first-order valence-electron chi connectivity index (χ1n) is 6.11. The van der Waals surface area contributed by atoms with Crippen molar-refractivity contribution in [3.05, 3.63) is 18.2 Å². The molecular formula is C13H17NO4. The number of benzene rings is 1. The number of carboxylic acids is 1. The van der Waals surface area contributed by atoms with Gasteiger partial charge in [-0.1, -0.05) is 6.42 Å². The fourth-order valence-corrected chi connectivity index (χ4v) is 1.82. The van der Waals surface area contributed by atoms with E-state index in [4.69, 9.17) is 14.6 Å². The number of anilines is 1. The Morgan fingerprint density at radius 1 is 1.22 bits per heavy atom. The van der Waals surface area contributed by atoms with E-state index in [9.17, 15) is 4.79 Å². The molecule has 0 saturated heterocycles. The van der Waals surface area contributed by atoms with Crippen LogP contribution in [0.15, 0.2) is 18.2 Å². The Morgan fingerprint density at radius 2 is 2.06 bits per heavy atom. The van der Waals surface area contributed by atoms with Crippen molar-refractivity contribution in [1.29, 1.82) is 0 Å². The summed E-state index contributed by atoms with van der Waals surface area (Å²) in [5.74, 6) is 0.826. The number of carboxylic acid groups (broad SMARTS) is 1. The molecule has 0 bridgehead atoms. The smallest absolute Gasteiger partial charge is 0.303 e. The minimum atomic E-state index is -0.723. The lowest BCUT2D eigenvalue weighted by Crippen LogP contribution is -2.02. The van der Waals surface area contributed by atoms with Gasteiger partial charge in [0.1, 0.15) is 0 Å². The van der Waals surface area contributed by atoms with Gasteiger partial charge < -0.3 is 19.9 Å². The topological polar surface area (TPSA) is 67.8 Å². The fourth-order valence-electron chi connectivity index (χ4n) is 1.82. The minimum Gasteiger partial charge on any atom is -0.481 e. The van der Waals surface area contributed by atoms with Gasteiger partial charge >= 0.3 is 5.97 Å². The van der Waals surface area contributed by atoms with Gasteiger partial charge in [-0.3, -0.25) is 4.79 Å². The van der Waals surface area contributed by atoms with Crippen LogP contribution in [0, 0.1) is 0 Å². The van der Waals surface area contributed by atoms with Crippen molar-refractivity contribution < 1.29 is 19.4 Å². The number of ether oxygens (including phenoxy) is 2. The zero-order valence-electron chi connectivity index (χ0n) is 10.1. The number of fused-ring (bicyclic) bond motifs is 1. The predicted molar refractivity (Wildman–Crippen MR) is 67.2 cm³/mol.